The summed E-state index contributed by atoms with van der Waals surface area (Å²) in [6.07, 6.45) is 0.627. The summed E-state index contributed by atoms with van der Waals surface area (Å²) in [4.78, 5) is 11.1. The van der Waals surface area contributed by atoms with Gasteiger partial charge in [-0.1, -0.05) is 46.3 Å². The molecular weight excluding hydrogens is 280 g/mol. The lowest BCUT2D eigenvalue weighted by atomic mass is 10.00. The van der Waals surface area contributed by atoms with Crippen molar-refractivity contribution < 1.29 is 9.90 Å². The van der Waals surface area contributed by atoms with Crippen LogP contribution >= 0.6 is 15.9 Å². The Morgan fingerprint density at radius 3 is 2.59 bits per heavy atom. The van der Waals surface area contributed by atoms with Gasteiger partial charge in [-0.05, 0) is 35.7 Å². The number of rotatable bonds is 3. The molecule has 0 bridgehead atoms. The van der Waals surface area contributed by atoms with Crippen LogP contribution in [0.25, 0.3) is 0 Å². The minimum atomic E-state index is -0.879. The van der Waals surface area contributed by atoms with E-state index in [2.05, 4.69) is 15.9 Å². The number of halogens is 1. The molecule has 0 aliphatic heterocycles. The van der Waals surface area contributed by atoms with E-state index in [4.69, 9.17) is 5.11 Å². The van der Waals surface area contributed by atoms with Gasteiger partial charge in [0.05, 0.1) is 5.56 Å². The summed E-state index contributed by atoms with van der Waals surface area (Å²) in [7, 11) is 0. The van der Waals surface area contributed by atoms with Crippen LogP contribution in [0.1, 0.15) is 21.5 Å². The van der Waals surface area contributed by atoms with Crippen LogP contribution in [0.5, 0.6) is 0 Å². The molecule has 0 saturated heterocycles. The smallest absolute Gasteiger partial charge is 0.335 e. The maximum atomic E-state index is 11.1. The quantitative estimate of drug-likeness (QED) is 0.935. The largest absolute Gasteiger partial charge is 0.478 e. The summed E-state index contributed by atoms with van der Waals surface area (Å²) in [6, 6.07) is 15.0. The van der Waals surface area contributed by atoms with Crippen molar-refractivity contribution in [3.63, 3.8) is 0 Å². The Hall–Kier alpha value is -1.61. The van der Waals surface area contributed by atoms with Crippen molar-refractivity contribution in [2.24, 2.45) is 0 Å². The minimum Gasteiger partial charge on any atom is -0.478 e. The van der Waals surface area contributed by atoms with Crippen molar-refractivity contribution in [1.82, 2.24) is 0 Å². The monoisotopic (exact) mass is 290 g/mol. The van der Waals surface area contributed by atoms with Crippen LogP contribution in [0.15, 0.2) is 53.0 Å². The van der Waals surface area contributed by atoms with Crippen LogP contribution in [-0.4, -0.2) is 11.1 Å². The summed E-state index contributed by atoms with van der Waals surface area (Å²) >= 11 is 3.41. The van der Waals surface area contributed by atoms with Gasteiger partial charge in [0.1, 0.15) is 0 Å². The predicted molar refractivity (Wildman–Crippen MR) is 70.3 cm³/mol. The number of hydrogen-bond acceptors (Lipinski definition) is 1. The van der Waals surface area contributed by atoms with Gasteiger partial charge in [-0.3, -0.25) is 0 Å². The van der Waals surface area contributed by atoms with Crippen molar-refractivity contribution in [2.75, 3.05) is 0 Å². The fourth-order valence-corrected chi connectivity index (χ4v) is 2.20. The summed E-state index contributed by atoms with van der Waals surface area (Å²) in [5, 5.41) is 9.09. The zero-order valence-electron chi connectivity index (χ0n) is 9.06. The Balaban J connectivity index is 2.33. The number of hydrogen-bond donors (Lipinski definition) is 1. The highest BCUT2D eigenvalue weighted by atomic mass is 79.9. The van der Waals surface area contributed by atoms with Gasteiger partial charge in [0.15, 0.2) is 0 Å². The molecule has 0 saturated carbocycles. The van der Waals surface area contributed by atoms with E-state index >= 15 is 0 Å². The fourth-order valence-electron chi connectivity index (χ4n) is 1.75. The first-order valence-electron chi connectivity index (χ1n) is 5.22. The molecule has 86 valence electrons. The van der Waals surface area contributed by atoms with Gasteiger partial charge < -0.3 is 5.11 Å². The molecule has 0 heterocycles. The first kappa shape index (κ1) is 11.9. The van der Waals surface area contributed by atoms with Gasteiger partial charge in [-0.2, -0.15) is 0 Å². The molecule has 1 N–H and O–H groups in total. The van der Waals surface area contributed by atoms with Crippen LogP contribution < -0.4 is 0 Å². The van der Waals surface area contributed by atoms with Crippen LogP contribution in [0.4, 0.5) is 0 Å². The van der Waals surface area contributed by atoms with Crippen molar-refractivity contribution >= 4 is 21.9 Å². The molecule has 2 aromatic rings. The van der Waals surface area contributed by atoms with E-state index in [0.717, 1.165) is 15.6 Å². The molecular formula is C14H11BrO2. The van der Waals surface area contributed by atoms with E-state index in [-0.39, 0.29) is 0 Å². The highest BCUT2D eigenvalue weighted by molar-refractivity contribution is 9.10. The molecule has 0 spiro atoms. The van der Waals surface area contributed by atoms with Gasteiger partial charge in [-0.15, -0.1) is 0 Å². The summed E-state index contributed by atoms with van der Waals surface area (Å²) in [5.41, 5.74) is 2.29. The molecule has 0 radical (unpaired) electrons. The van der Waals surface area contributed by atoms with Gasteiger partial charge in [-0.25, -0.2) is 4.79 Å². The second-order valence-electron chi connectivity index (χ2n) is 3.77. The SMILES string of the molecule is O=C(O)c1ccccc1Cc1cccc(Br)c1. The average Bonchev–Trinajstić information content (AvgIpc) is 2.29. The van der Waals surface area contributed by atoms with Crippen LogP contribution in [0.2, 0.25) is 0 Å². The lowest BCUT2D eigenvalue weighted by Crippen LogP contribution is -2.02. The Morgan fingerprint density at radius 2 is 1.88 bits per heavy atom. The van der Waals surface area contributed by atoms with Crippen molar-refractivity contribution in [3.05, 3.63) is 69.7 Å². The van der Waals surface area contributed by atoms with E-state index in [0.29, 0.717) is 12.0 Å². The van der Waals surface area contributed by atoms with Crippen LogP contribution in [0, 0.1) is 0 Å². The number of aromatic carboxylic acids is 1. The van der Waals surface area contributed by atoms with Crippen molar-refractivity contribution in [2.45, 2.75) is 6.42 Å². The van der Waals surface area contributed by atoms with Gasteiger partial charge >= 0.3 is 5.97 Å². The molecule has 0 atom stereocenters. The van der Waals surface area contributed by atoms with E-state index in [1.807, 2.05) is 36.4 Å². The first-order chi connectivity index (χ1) is 8.16. The maximum absolute atomic E-state index is 11.1. The van der Waals surface area contributed by atoms with Crippen molar-refractivity contribution in [3.8, 4) is 0 Å². The van der Waals surface area contributed by atoms with Gasteiger partial charge in [0, 0.05) is 4.47 Å². The third-order valence-corrected chi connectivity index (χ3v) is 3.02. The summed E-state index contributed by atoms with van der Waals surface area (Å²) < 4.78 is 1.00. The second-order valence-corrected chi connectivity index (χ2v) is 4.68. The highest BCUT2D eigenvalue weighted by Gasteiger charge is 2.09. The highest BCUT2D eigenvalue weighted by Crippen LogP contribution is 2.17. The lowest BCUT2D eigenvalue weighted by molar-refractivity contribution is 0.0696. The Bertz CT molecular complexity index is 549. The topological polar surface area (TPSA) is 37.3 Å². The van der Waals surface area contributed by atoms with Crippen molar-refractivity contribution in [1.29, 1.82) is 0 Å². The molecule has 17 heavy (non-hydrogen) atoms. The zero-order chi connectivity index (χ0) is 12.3. The molecule has 0 aliphatic rings. The number of carboxylic acid groups (broad SMARTS) is 1. The molecule has 2 aromatic carbocycles. The van der Waals surface area contributed by atoms with Crippen LogP contribution in [0.3, 0.4) is 0 Å². The lowest BCUT2D eigenvalue weighted by Gasteiger charge is -2.06. The first-order valence-corrected chi connectivity index (χ1v) is 6.02. The molecule has 3 heteroatoms. The van der Waals surface area contributed by atoms with E-state index in [1.54, 1.807) is 12.1 Å². The third-order valence-electron chi connectivity index (χ3n) is 2.53. The van der Waals surface area contributed by atoms with Crippen LogP contribution in [-0.2, 0) is 6.42 Å². The Kier molecular flexibility index (Phi) is 3.59. The molecule has 0 aliphatic carbocycles. The molecule has 0 aromatic heterocycles. The number of benzene rings is 2. The molecule has 2 nitrogen and oxygen atoms in total. The number of carbonyl (C=O) groups is 1. The van der Waals surface area contributed by atoms with E-state index < -0.39 is 5.97 Å². The second kappa shape index (κ2) is 5.15. The molecule has 0 fully saturated rings. The Morgan fingerprint density at radius 1 is 1.12 bits per heavy atom. The summed E-state index contributed by atoms with van der Waals surface area (Å²) in [5.74, 6) is -0.879. The standard InChI is InChI=1S/C14H11BrO2/c15-12-6-3-4-10(9-12)8-11-5-1-2-7-13(11)14(16)17/h1-7,9H,8H2,(H,16,17). The predicted octanol–water partition coefficient (Wildman–Crippen LogP) is 3.74. The van der Waals surface area contributed by atoms with Gasteiger partial charge in [0.2, 0.25) is 0 Å². The molecule has 0 unspecified atom stereocenters. The van der Waals surface area contributed by atoms with Gasteiger partial charge in [0.25, 0.3) is 0 Å². The third kappa shape index (κ3) is 2.94. The Labute approximate surface area is 108 Å². The fraction of sp³-hybridized carbons (Fsp3) is 0.0714. The zero-order valence-corrected chi connectivity index (χ0v) is 10.6. The minimum absolute atomic E-state index is 0.368. The number of carboxylic acids is 1. The molecule has 0 amide bonds. The van der Waals surface area contributed by atoms with E-state index in [1.165, 1.54) is 0 Å². The summed E-state index contributed by atoms with van der Waals surface area (Å²) in [6.45, 7) is 0. The molecule has 2 rings (SSSR count). The normalized spacial score (nSPS) is 10.2. The maximum Gasteiger partial charge on any atom is 0.335 e. The van der Waals surface area contributed by atoms with E-state index in [9.17, 15) is 4.79 Å². The average molecular weight is 291 g/mol.